The molecule has 0 aliphatic heterocycles. The maximum Gasteiger partial charge on any atom is 0.322 e. The molecule has 1 aliphatic carbocycles. The molecule has 1 saturated carbocycles. The molecule has 0 amide bonds. The highest BCUT2D eigenvalue weighted by Crippen LogP contribution is 2.30. The molecular weight excluding hydrogens is 280 g/mol. The second-order valence-electron chi connectivity index (χ2n) is 5.18. The zero-order valence-corrected chi connectivity index (χ0v) is 12.5. The van der Waals surface area contributed by atoms with E-state index in [0.29, 0.717) is 12.6 Å². The van der Waals surface area contributed by atoms with E-state index in [0.717, 1.165) is 32.1 Å². The van der Waals surface area contributed by atoms with Crippen molar-refractivity contribution in [2.75, 3.05) is 18.5 Å². The second-order valence-corrected chi connectivity index (χ2v) is 5.52. The molecule has 0 aromatic carbocycles. The molecule has 1 fully saturated rings. The van der Waals surface area contributed by atoms with Crippen LogP contribution in [-0.2, 0) is 0 Å². The summed E-state index contributed by atoms with van der Waals surface area (Å²) in [6, 6.07) is 0.221. The summed E-state index contributed by atoms with van der Waals surface area (Å²) in [5.74, 6) is 0.368. The number of hydrogen-bond acceptors (Lipinski definition) is 6. The molecule has 112 valence electrons. The fraction of sp³-hybridized carbons (Fsp3) is 0.769. The summed E-state index contributed by atoms with van der Waals surface area (Å²) in [6.07, 6.45) is 6.05. The number of nitrogens with zero attached hydrogens (tertiary/aromatic N) is 3. The average molecular weight is 301 g/mol. The fourth-order valence-corrected chi connectivity index (χ4v) is 2.59. The highest BCUT2D eigenvalue weighted by Gasteiger charge is 2.32. The summed E-state index contributed by atoms with van der Waals surface area (Å²) < 4.78 is 5.38. The lowest BCUT2D eigenvalue weighted by atomic mass is 9.82. The third-order valence-electron chi connectivity index (χ3n) is 3.51. The van der Waals surface area contributed by atoms with Crippen molar-refractivity contribution in [3.05, 3.63) is 5.28 Å². The SMILES string of the molecule is CCCOc1nc(Cl)nc(NC2(CO)CCCCC2)n1. The molecular formula is C13H21ClN4O2. The van der Waals surface area contributed by atoms with E-state index in [1.54, 1.807) is 0 Å². The highest BCUT2D eigenvalue weighted by molar-refractivity contribution is 6.28. The van der Waals surface area contributed by atoms with Crippen molar-refractivity contribution in [3.63, 3.8) is 0 Å². The molecule has 0 atom stereocenters. The standard InChI is InChI=1S/C13H21ClN4O2/c1-2-8-20-12-16-10(14)15-11(17-12)18-13(9-19)6-4-3-5-7-13/h19H,2-9H2,1H3,(H,15,16,17,18). The number of aliphatic hydroxyl groups is 1. The summed E-state index contributed by atoms with van der Waals surface area (Å²) in [5, 5.41) is 13.0. The van der Waals surface area contributed by atoms with Gasteiger partial charge in [-0.25, -0.2) is 0 Å². The smallest absolute Gasteiger partial charge is 0.322 e. The molecule has 1 aromatic heterocycles. The van der Waals surface area contributed by atoms with Gasteiger partial charge in [-0.3, -0.25) is 0 Å². The lowest BCUT2D eigenvalue weighted by Gasteiger charge is -2.36. The highest BCUT2D eigenvalue weighted by atomic mass is 35.5. The Bertz CT molecular complexity index is 438. The van der Waals surface area contributed by atoms with E-state index >= 15 is 0 Å². The molecule has 20 heavy (non-hydrogen) atoms. The van der Waals surface area contributed by atoms with Gasteiger partial charge in [0.1, 0.15) is 0 Å². The fourth-order valence-electron chi connectivity index (χ4n) is 2.43. The lowest BCUT2D eigenvalue weighted by molar-refractivity contribution is 0.172. The maximum atomic E-state index is 9.68. The van der Waals surface area contributed by atoms with Gasteiger partial charge < -0.3 is 15.2 Å². The Balaban J connectivity index is 2.12. The van der Waals surface area contributed by atoms with Crippen LogP contribution in [0, 0.1) is 0 Å². The number of anilines is 1. The van der Waals surface area contributed by atoms with Crippen molar-refractivity contribution in [3.8, 4) is 6.01 Å². The molecule has 0 spiro atoms. The maximum absolute atomic E-state index is 9.68. The molecule has 2 rings (SSSR count). The Morgan fingerprint density at radius 3 is 2.65 bits per heavy atom. The van der Waals surface area contributed by atoms with Crippen LogP contribution in [0.4, 0.5) is 5.95 Å². The number of aliphatic hydroxyl groups excluding tert-OH is 1. The van der Waals surface area contributed by atoms with Crippen molar-refractivity contribution in [2.45, 2.75) is 51.0 Å². The Morgan fingerprint density at radius 1 is 1.25 bits per heavy atom. The van der Waals surface area contributed by atoms with E-state index < -0.39 is 0 Å². The first-order valence-electron chi connectivity index (χ1n) is 7.11. The number of rotatable bonds is 6. The van der Waals surface area contributed by atoms with Crippen molar-refractivity contribution >= 4 is 17.5 Å². The van der Waals surface area contributed by atoms with Gasteiger partial charge in [-0.05, 0) is 30.9 Å². The molecule has 1 aliphatic rings. The molecule has 7 heteroatoms. The van der Waals surface area contributed by atoms with Crippen molar-refractivity contribution in [2.24, 2.45) is 0 Å². The summed E-state index contributed by atoms with van der Waals surface area (Å²) in [5.41, 5.74) is -0.356. The average Bonchev–Trinajstić information content (AvgIpc) is 2.45. The first-order valence-corrected chi connectivity index (χ1v) is 7.49. The van der Waals surface area contributed by atoms with E-state index in [2.05, 4.69) is 20.3 Å². The number of ether oxygens (including phenoxy) is 1. The van der Waals surface area contributed by atoms with Crippen LogP contribution in [0.1, 0.15) is 45.4 Å². The first-order chi connectivity index (χ1) is 9.67. The second kappa shape index (κ2) is 7.04. The Kier molecular flexibility index (Phi) is 5.37. The van der Waals surface area contributed by atoms with Crippen LogP contribution in [0.3, 0.4) is 0 Å². The van der Waals surface area contributed by atoms with Crippen LogP contribution >= 0.6 is 11.6 Å². The van der Waals surface area contributed by atoms with E-state index in [9.17, 15) is 5.11 Å². The van der Waals surface area contributed by atoms with Crippen LogP contribution in [0.25, 0.3) is 0 Å². The van der Waals surface area contributed by atoms with Crippen LogP contribution < -0.4 is 10.1 Å². The number of hydrogen-bond donors (Lipinski definition) is 2. The van der Waals surface area contributed by atoms with E-state index in [4.69, 9.17) is 16.3 Å². The van der Waals surface area contributed by atoms with Crippen LogP contribution in [-0.4, -0.2) is 38.8 Å². The minimum Gasteiger partial charge on any atom is -0.463 e. The first kappa shape index (κ1) is 15.3. The molecule has 1 aromatic rings. The Hall–Kier alpha value is -1.14. The molecule has 0 radical (unpaired) electrons. The summed E-state index contributed by atoms with van der Waals surface area (Å²) in [7, 11) is 0. The predicted molar refractivity (Wildman–Crippen MR) is 77.1 cm³/mol. The largest absolute Gasteiger partial charge is 0.463 e. The predicted octanol–water partition coefficient (Wildman–Crippen LogP) is 2.42. The van der Waals surface area contributed by atoms with Gasteiger partial charge in [0.2, 0.25) is 11.2 Å². The number of aromatic nitrogens is 3. The van der Waals surface area contributed by atoms with Crippen LogP contribution in [0.2, 0.25) is 5.28 Å². The monoisotopic (exact) mass is 300 g/mol. The van der Waals surface area contributed by atoms with Gasteiger partial charge in [0.25, 0.3) is 0 Å². The summed E-state index contributed by atoms with van der Waals surface area (Å²) >= 11 is 5.89. The third-order valence-corrected chi connectivity index (χ3v) is 3.68. The van der Waals surface area contributed by atoms with Crippen molar-refractivity contribution < 1.29 is 9.84 Å². The molecule has 0 saturated heterocycles. The van der Waals surface area contributed by atoms with Gasteiger partial charge in [-0.2, -0.15) is 15.0 Å². The van der Waals surface area contributed by atoms with E-state index in [1.165, 1.54) is 6.42 Å². The Labute approximate surface area is 123 Å². The molecule has 2 N–H and O–H groups in total. The lowest BCUT2D eigenvalue weighted by Crippen LogP contribution is -2.44. The van der Waals surface area contributed by atoms with Gasteiger partial charge in [0.05, 0.1) is 18.8 Å². The van der Waals surface area contributed by atoms with Crippen molar-refractivity contribution in [1.29, 1.82) is 0 Å². The quantitative estimate of drug-likeness (QED) is 0.840. The molecule has 0 bridgehead atoms. The van der Waals surface area contributed by atoms with Crippen LogP contribution in [0.15, 0.2) is 0 Å². The van der Waals surface area contributed by atoms with Crippen LogP contribution in [0.5, 0.6) is 6.01 Å². The van der Waals surface area contributed by atoms with Gasteiger partial charge in [0.15, 0.2) is 0 Å². The third kappa shape index (κ3) is 3.93. The summed E-state index contributed by atoms with van der Waals surface area (Å²) in [6.45, 7) is 2.59. The van der Waals surface area contributed by atoms with Crippen molar-refractivity contribution in [1.82, 2.24) is 15.0 Å². The minimum absolute atomic E-state index is 0.0570. The van der Waals surface area contributed by atoms with Gasteiger partial charge in [-0.1, -0.05) is 26.2 Å². The van der Waals surface area contributed by atoms with Gasteiger partial charge in [0, 0.05) is 0 Å². The van der Waals surface area contributed by atoms with E-state index in [-0.39, 0.29) is 23.4 Å². The summed E-state index contributed by atoms with van der Waals surface area (Å²) in [4.78, 5) is 12.2. The molecule has 1 heterocycles. The number of nitrogens with one attached hydrogen (secondary N) is 1. The molecule has 0 unspecified atom stereocenters. The zero-order chi connectivity index (χ0) is 14.4. The minimum atomic E-state index is -0.356. The van der Waals surface area contributed by atoms with Gasteiger partial charge in [-0.15, -0.1) is 0 Å². The topological polar surface area (TPSA) is 80.2 Å². The van der Waals surface area contributed by atoms with E-state index in [1.807, 2.05) is 6.92 Å². The zero-order valence-electron chi connectivity index (χ0n) is 11.7. The normalized spacial score (nSPS) is 17.8. The van der Waals surface area contributed by atoms with Gasteiger partial charge >= 0.3 is 6.01 Å². The Morgan fingerprint density at radius 2 is 2.00 bits per heavy atom. The number of halogens is 1. The molecule has 6 nitrogen and oxygen atoms in total.